The Bertz CT molecular complexity index is 702. The van der Waals surface area contributed by atoms with Gasteiger partial charge in [0.15, 0.2) is 5.96 Å². The third-order valence-corrected chi connectivity index (χ3v) is 5.85. The number of nitrogens with zero attached hydrogens (tertiary/aromatic N) is 3. The summed E-state index contributed by atoms with van der Waals surface area (Å²) in [4.78, 5) is 22.7. The molecule has 146 valence electrons. The lowest BCUT2D eigenvalue weighted by Gasteiger charge is -2.22. The zero-order valence-corrected chi connectivity index (χ0v) is 17.9. The van der Waals surface area contributed by atoms with Crippen LogP contribution in [-0.2, 0) is 11.2 Å². The standard InChI is InChI=1S/C20H28N4OS2/c1-23(2)19(25)16-22-20(24(3)13-11-18-10-7-14-26-18)21-12-15-27-17-8-5-4-6-9-17/h4-10,14H,11-13,15-16H2,1-3H3,(H,21,22). The van der Waals surface area contributed by atoms with Crippen molar-refractivity contribution in [3.63, 3.8) is 0 Å². The van der Waals surface area contributed by atoms with Crippen molar-refractivity contribution in [2.45, 2.75) is 11.3 Å². The van der Waals surface area contributed by atoms with Gasteiger partial charge in [-0.25, -0.2) is 4.99 Å². The van der Waals surface area contributed by atoms with Crippen molar-refractivity contribution in [1.29, 1.82) is 0 Å². The molecule has 0 unspecified atom stereocenters. The highest BCUT2D eigenvalue weighted by molar-refractivity contribution is 7.99. The van der Waals surface area contributed by atoms with E-state index in [2.05, 4.69) is 44.9 Å². The van der Waals surface area contributed by atoms with E-state index in [1.807, 2.05) is 25.2 Å². The summed E-state index contributed by atoms with van der Waals surface area (Å²) in [5.74, 6) is 1.71. The fourth-order valence-electron chi connectivity index (χ4n) is 2.28. The maximum absolute atomic E-state index is 11.9. The first-order chi connectivity index (χ1) is 13.1. The monoisotopic (exact) mass is 404 g/mol. The van der Waals surface area contributed by atoms with Crippen LogP contribution >= 0.6 is 23.1 Å². The van der Waals surface area contributed by atoms with Gasteiger partial charge in [0.1, 0.15) is 6.54 Å². The van der Waals surface area contributed by atoms with Crippen molar-refractivity contribution in [2.24, 2.45) is 4.99 Å². The average Bonchev–Trinajstić information content (AvgIpc) is 3.19. The van der Waals surface area contributed by atoms with Crippen LogP contribution in [0, 0.1) is 0 Å². The summed E-state index contributed by atoms with van der Waals surface area (Å²) in [5.41, 5.74) is 0. The molecule has 5 nitrogen and oxygen atoms in total. The first-order valence-electron chi connectivity index (χ1n) is 8.96. The van der Waals surface area contributed by atoms with E-state index in [1.54, 1.807) is 42.1 Å². The highest BCUT2D eigenvalue weighted by atomic mass is 32.2. The number of benzene rings is 1. The lowest BCUT2D eigenvalue weighted by Crippen LogP contribution is -2.41. The molecule has 0 saturated carbocycles. The van der Waals surface area contributed by atoms with Crippen LogP contribution in [0.25, 0.3) is 0 Å². The Balaban J connectivity index is 1.87. The van der Waals surface area contributed by atoms with E-state index in [0.717, 1.165) is 31.2 Å². The molecule has 0 radical (unpaired) electrons. The second-order valence-electron chi connectivity index (χ2n) is 6.27. The first-order valence-corrected chi connectivity index (χ1v) is 10.8. The quantitative estimate of drug-likeness (QED) is 0.302. The van der Waals surface area contributed by atoms with Gasteiger partial charge in [0.2, 0.25) is 5.91 Å². The smallest absolute Gasteiger partial charge is 0.243 e. The minimum absolute atomic E-state index is 0.000354. The van der Waals surface area contributed by atoms with Gasteiger partial charge in [-0.15, -0.1) is 23.1 Å². The fraction of sp³-hybridized carbons (Fsp3) is 0.400. The lowest BCUT2D eigenvalue weighted by molar-refractivity contribution is -0.127. The third-order valence-electron chi connectivity index (χ3n) is 3.90. The molecule has 1 aromatic carbocycles. The molecule has 0 bridgehead atoms. The third kappa shape index (κ3) is 8.05. The number of amides is 1. The summed E-state index contributed by atoms with van der Waals surface area (Å²) in [6.45, 7) is 1.80. The molecule has 2 aromatic rings. The summed E-state index contributed by atoms with van der Waals surface area (Å²) >= 11 is 3.57. The summed E-state index contributed by atoms with van der Waals surface area (Å²) in [6.07, 6.45) is 0.968. The van der Waals surface area contributed by atoms with Crippen LogP contribution in [0.15, 0.2) is 57.7 Å². The van der Waals surface area contributed by atoms with E-state index in [-0.39, 0.29) is 12.5 Å². The maximum Gasteiger partial charge on any atom is 0.243 e. The van der Waals surface area contributed by atoms with Gasteiger partial charge in [-0.2, -0.15) is 0 Å². The van der Waals surface area contributed by atoms with E-state index in [4.69, 9.17) is 0 Å². The Kier molecular flexibility index (Phi) is 9.21. The summed E-state index contributed by atoms with van der Waals surface area (Å²) in [5, 5.41) is 5.50. The van der Waals surface area contributed by atoms with Crippen molar-refractivity contribution < 1.29 is 4.79 Å². The molecular weight excluding hydrogens is 376 g/mol. The Labute approximate surface area is 170 Å². The summed E-state index contributed by atoms with van der Waals surface area (Å²) < 4.78 is 0. The zero-order chi connectivity index (χ0) is 19.5. The molecule has 0 aliphatic carbocycles. The van der Waals surface area contributed by atoms with Crippen LogP contribution in [-0.4, -0.2) is 68.2 Å². The van der Waals surface area contributed by atoms with Crippen LogP contribution in [0.2, 0.25) is 0 Å². The lowest BCUT2D eigenvalue weighted by atomic mass is 10.3. The van der Waals surface area contributed by atoms with Gasteiger partial charge in [-0.3, -0.25) is 4.79 Å². The Morgan fingerprint density at radius 3 is 2.59 bits per heavy atom. The molecule has 0 fully saturated rings. The number of hydrogen-bond donors (Lipinski definition) is 1. The molecule has 2 rings (SSSR count). The van der Waals surface area contributed by atoms with Crippen LogP contribution in [0.3, 0.4) is 0 Å². The van der Waals surface area contributed by atoms with Crippen LogP contribution in [0.5, 0.6) is 0 Å². The van der Waals surface area contributed by atoms with E-state index in [0.29, 0.717) is 0 Å². The van der Waals surface area contributed by atoms with Gasteiger partial charge in [-0.05, 0) is 30.0 Å². The molecule has 0 spiro atoms. The Morgan fingerprint density at radius 2 is 1.93 bits per heavy atom. The van der Waals surface area contributed by atoms with Crippen molar-refractivity contribution in [2.75, 3.05) is 46.5 Å². The highest BCUT2D eigenvalue weighted by Crippen LogP contribution is 2.15. The van der Waals surface area contributed by atoms with Crippen molar-refractivity contribution in [3.05, 3.63) is 52.7 Å². The largest absolute Gasteiger partial charge is 0.355 e. The maximum atomic E-state index is 11.9. The number of rotatable bonds is 9. The molecule has 1 aromatic heterocycles. The average molecular weight is 405 g/mol. The number of likely N-dealkylation sites (N-methyl/N-ethyl adjacent to an activating group) is 2. The molecule has 27 heavy (non-hydrogen) atoms. The minimum atomic E-state index is -0.000354. The number of carbonyl (C=O) groups is 1. The number of aliphatic imine (C=N–C) groups is 1. The van der Waals surface area contributed by atoms with Gasteiger partial charge in [-0.1, -0.05) is 24.3 Å². The van der Waals surface area contributed by atoms with Crippen LogP contribution in [0.4, 0.5) is 0 Å². The van der Waals surface area contributed by atoms with Gasteiger partial charge in [0.05, 0.1) is 0 Å². The number of guanidine groups is 1. The molecule has 1 heterocycles. The first kappa shape index (κ1) is 21.3. The zero-order valence-electron chi connectivity index (χ0n) is 16.2. The molecule has 0 aliphatic heterocycles. The fourth-order valence-corrected chi connectivity index (χ4v) is 3.77. The van der Waals surface area contributed by atoms with E-state index in [1.165, 1.54) is 9.77 Å². The SMILES string of the molecule is CN(C)C(=O)CN=C(NCCSc1ccccc1)N(C)CCc1cccs1. The Hall–Kier alpha value is -1.99. The number of thioether (sulfide) groups is 1. The summed E-state index contributed by atoms with van der Waals surface area (Å²) in [7, 11) is 5.52. The number of nitrogens with one attached hydrogen (secondary N) is 1. The number of carbonyl (C=O) groups excluding carboxylic acids is 1. The predicted octanol–water partition coefficient (Wildman–Crippen LogP) is 3.05. The topological polar surface area (TPSA) is 47.9 Å². The van der Waals surface area contributed by atoms with Gasteiger partial charge in [0, 0.05) is 49.8 Å². The van der Waals surface area contributed by atoms with Crippen molar-refractivity contribution in [1.82, 2.24) is 15.1 Å². The Morgan fingerprint density at radius 1 is 1.15 bits per heavy atom. The molecule has 0 atom stereocenters. The van der Waals surface area contributed by atoms with E-state index < -0.39 is 0 Å². The van der Waals surface area contributed by atoms with Gasteiger partial charge < -0.3 is 15.1 Å². The van der Waals surface area contributed by atoms with E-state index >= 15 is 0 Å². The number of hydrogen-bond acceptors (Lipinski definition) is 4. The second-order valence-corrected chi connectivity index (χ2v) is 8.47. The molecule has 1 N–H and O–H groups in total. The molecule has 7 heteroatoms. The van der Waals surface area contributed by atoms with Gasteiger partial charge >= 0.3 is 0 Å². The van der Waals surface area contributed by atoms with Crippen LogP contribution in [0.1, 0.15) is 4.88 Å². The van der Waals surface area contributed by atoms with E-state index in [9.17, 15) is 4.79 Å². The highest BCUT2D eigenvalue weighted by Gasteiger charge is 2.09. The minimum Gasteiger partial charge on any atom is -0.355 e. The molecule has 1 amide bonds. The summed E-state index contributed by atoms with van der Waals surface area (Å²) in [6, 6.07) is 14.6. The molecule has 0 aliphatic rings. The number of thiophene rings is 1. The second kappa shape index (κ2) is 11.7. The molecular formula is C20H28N4OS2. The predicted molar refractivity (Wildman–Crippen MR) is 117 cm³/mol. The van der Waals surface area contributed by atoms with Crippen molar-refractivity contribution in [3.8, 4) is 0 Å². The van der Waals surface area contributed by atoms with Crippen molar-refractivity contribution >= 4 is 35.0 Å². The normalized spacial score (nSPS) is 11.3. The van der Waals surface area contributed by atoms with Gasteiger partial charge in [0.25, 0.3) is 0 Å². The van der Waals surface area contributed by atoms with Crippen LogP contribution < -0.4 is 5.32 Å². The molecule has 0 saturated heterocycles.